The van der Waals surface area contributed by atoms with Crippen molar-refractivity contribution in [3.8, 4) is 0 Å². The van der Waals surface area contributed by atoms with Gasteiger partial charge in [-0.3, -0.25) is 4.79 Å². The largest absolute Gasteiger partial charge is 0.325 e. The monoisotopic (exact) mass is 427 g/mol. The van der Waals surface area contributed by atoms with Crippen molar-refractivity contribution in [1.82, 2.24) is 19.7 Å². The number of carbonyl (C=O) groups is 1. The number of carbonyl (C=O) groups excluding carboxylic acids is 1. The van der Waals surface area contributed by atoms with Gasteiger partial charge in [0, 0.05) is 25.2 Å². The fourth-order valence-electron chi connectivity index (χ4n) is 3.67. The summed E-state index contributed by atoms with van der Waals surface area (Å²) >= 11 is 1.42. The van der Waals surface area contributed by atoms with Gasteiger partial charge in [-0.05, 0) is 49.5 Å². The van der Waals surface area contributed by atoms with E-state index in [9.17, 15) is 4.79 Å². The molecule has 1 aliphatic heterocycles. The molecular weight excluding hydrogens is 394 g/mol. The number of hydrogen-bond acceptors (Lipinski definition) is 5. The van der Waals surface area contributed by atoms with E-state index in [-0.39, 0.29) is 5.91 Å². The third-order valence-electron chi connectivity index (χ3n) is 5.37. The van der Waals surface area contributed by atoms with Crippen LogP contribution >= 0.6 is 11.8 Å². The lowest BCUT2D eigenvalue weighted by Gasteiger charge is -2.26. The Morgan fingerprint density at radius 3 is 2.80 bits per heavy atom. The van der Waals surface area contributed by atoms with E-state index >= 15 is 0 Å². The van der Waals surface area contributed by atoms with Crippen LogP contribution in [0.2, 0.25) is 0 Å². The molecule has 0 radical (unpaired) electrons. The molecule has 0 atom stereocenters. The molecule has 1 aliphatic rings. The molecule has 0 bridgehead atoms. The van der Waals surface area contributed by atoms with Gasteiger partial charge in [-0.2, -0.15) is 0 Å². The lowest BCUT2D eigenvalue weighted by atomic mass is 10.0. The van der Waals surface area contributed by atoms with E-state index in [1.807, 2.05) is 24.3 Å². The molecule has 0 aliphatic carbocycles. The van der Waals surface area contributed by atoms with Crippen molar-refractivity contribution in [2.45, 2.75) is 57.1 Å². The predicted octanol–water partition coefficient (Wildman–Crippen LogP) is 4.35. The Bertz CT molecular complexity index is 842. The summed E-state index contributed by atoms with van der Waals surface area (Å²) in [5.74, 6) is 1.65. The first kappa shape index (κ1) is 22.6. The van der Waals surface area contributed by atoms with Gasteiger partial charge < -0.3 is 14.8 Å². The molecule has 30 heavy (non-hydrogen) atoms. The second-order valence-corrected chi connectivity index (χ2v) is 9.01. The van der Waals surface area contributed by atoms with Gasteiger partial charge in [0.15, 0.2) is 5.16 Å². The molecule has 2 aromatic rings. The second kappa shape index (κ2) is 11.3. The maximum absolute atomic E-state index is 12.5. The molecule has 1 aromatic heterocycles. The number of anilines is 1. The highest BCUT2D eigenvalue weighted by molar-refractivity contribution is 7.99. The van der Waals surface area contributed by atoms with E-state index in [1.165, 1.54) is 49.7 Å². The number of benzene rings is 1. The van der Waals surface area contributed by atoms with Crippen LogP contribution in [0.5, 0.6) is 0 Å². The number of hydrogen-bond donors (Lipinski definition) is 1. The van der Waals surface area contributed by atoms with Crippen LogP contribution in [0, 0.1) is 0 Å². The molecule has 6 nitrogen and oxygen atoms in total. The van der Waals surface area contributed by atoms with Crippen molar-refractivity contribution in [3.05, 3.63) is 48.3 Å². The van der Waals surface area contributed by atoms with E-state index in [0.29, 0.717) is 18.2 Å². The summed E-state index contributed by atoms with van der Waals surface area (Å²) in [5, 5.41) is 12.5. The highest BCUT2D eigenvalue weighted by Gasteiger charge is 2.16. The van der Waals surface area contributed by atoms with Crippen molar-refractivity contribution in [3.63, 3.8) is 0 Å². The van der Waals surface area contributed by atoms with Gasteiger partial charge in [0.05, 0.1) is 5.75 Å². The number of piperidine rings is 1. The number of likely N-dealkylation sites (tertiary alicyclic amines) is 1. The van der Waals surface area contributed by atoms with Crippen molar-refractivity contribution in [2.75, 3.05) is 30.7 Å². The molecule has 7 heteroatoms. The van der Waals surface area contributed by atoms with E-state index in [4.69, 9.17) is 0 Å². The number of aromatic nitrogens is 3. The number of thioether (sulfide) groups is 1. The third kappa shape index (κ3) is 6.44. The average molecular weight is 428 g/mol. The van der Waals surface area contributed by atoms with Crippen LogP contribution in [0.4, 0.5) is 5.69 Å². The minimum absolute atomic E-state index is 0.0380. The molecule has 0 spiro atoms. The molecule has 162 valence electrons. The predicted molar refractivity (Wildman–Crippen MR) is 124 cm³/mol. The SMILES string of the molecule is C=CCn1c(CCN2CCCCC2)nnc1SCC(=O)Nc1cccc(C(C)C)c1. The van der Waals surface area contributed by atoms with Gasteiger partial charge in [0.1, 0.15) is 5.82 Å². The van der Waals surface area contributed by atoms with Crippen molar-refractivity contribution in [2.24, 2.45) is 0 Å². The Labute approximate surface area is 184 Å². The van der Waals surface area contributed by atoms with Crippen LogP contribution < -0.4 is 5.32 Å². The molecule has 0 saturated carbocycles. The summed E-state index contributed by atoms with van der Waals surface area (Å²) in [4.78, 5) is 15.0. The maximum atomic E-state index is 12.5. The number of rotatable bonds is 10. The molecule has 0 unspecified atom stereocenters. The fourth-order valence-corrected chi connectivity index (χ4v) is 4.43. The van der Waals surface area contributed by atoms with Gasteiger partial charge in [0.2, 0.25) is 5.91 Å². The first-order chi connectivity index (χ1) is 14.6. The molecule has 1 fully saturated rings. The standard InChI is InChI=1S/C23H33N5OS/c1-4-12-28-21(11-15-27-13-6-5-7-14-27)25-26-23(28)30-17-22(29)24-20-10-8-9-19(16-20)18(2)3/h4,8-10,16,18H,1,5-7,11-15,17H2,2-3H3,(H,24,29). The van der Waals surface area contributed by atoms with Gasteiger partial charge >= 0.3 is 0 Å². The summed E-state index contributed by atoms with van der Waals surface area (Å²) in [5.41, 5.74) is 2.05. The number of allylic oxidation sites excluding steroid dienone is 1. The van der Waals surface area contributed by atoms with Crippen LogP contribution in [0.3, 0.4) is 0 Å². The van der Waals surface area contributed by atoms with Crippen molar-refractivity contribution < 1.29 is 4.79 Å². The average Bonchev–Trinajstić information content (AvgIpc) is 3.13. The van der Waals surface area contributed by atoms with Crippen LogP contribution in [-0.4, -0.2) is 51.0 Å². The van der Waals surface area contributed by atoms with E-state index < -0.39 is 0 Å². The third-order valence-corrected chi connectivity index (χ3v) is 6.34. The van der Waals surface area contributed by atoms with E-state index in [0.717, 1.165) is 29.6 Å². The molecule has 1 N–H and O–H groups in total. The van der Waals surface area contributed by atoms with Gasteiger partial charge in [-0.15, -0.1) is 16.8 Å². The first-order valence-corrected chi connectivity index (χ1v) is 11.8. The Morgan fingerprint density at radius 2 is 2.07 bits per heavy atom. The molecule has 2 heterocycles. The minimum atomic E-state index is -0.0380. The molecule has 3 rings (SSSR count). The molecule has 1 amide bonds. The van der Waals surface area contributed by atoms with E-state index in [2.05, 4.69) is 51.5 Å². The maximum Gasteiger partial charge on any atom is 0.234 e. The normalized spacial score (nSPS) is 14.8. The van der Waals surface area contributed by atoms with Crippen molar-refractivity contribution in [1.29, 1.82) is 0 Å². The van der Waals surface area contributed by atoms with E-state index in [1.54, 1.807) is 0 Å². The number of amides is 1. The topological polar surface area (TPSA) is 63.1 Å². The number of nitrogens with one attached hydrogen (secondary N) is 1. The Kier molecular flexibility index (Phi) is 8.51. The lowest BCUT2D eigenvalue weighted by molar-refractivity contribution is -0.113. The van der Waals surface area contributed by atoms with Crippen LogP contribution in [-0.2, 0) is 17.8 Å². The van der Waals surface area contributed by atoms with Crippen LogP contribution in [0.1, 0.15) is 50.4 Å². The van der Waals surface area contributed by atoms with Gasteiger partial charge in [-0.25, -0.2) is 0 Å². The Balaban J connectivity index is 1.56. The quantitative estimate of drug-likeness (QED) is 0.451. The summed E-state index contributed by atoms with van der Waals surface area (Å²) in [7, 11) is 0. The Morgan fingerprint density at radius 1 is 1.27 bits per heavy atom. The lowest BCUT2D eigenvalue weighted by Crippen LogP contribution is -2.32. The second-order valence-electron chi connectivity index (χ2n) is 8.07. The zero-order valence-corrected chi connectivity index (χ0v) is 19.0. The minimum Gasteiger partial charge on any atom is -0.325 e. The smallest absolute Gasteiger partial charge is 0.234 e. The highest BCUT2D eigenvalue weighted by atomic mass is 32.2. The summed E-state index contributed by atoms with van der Waals surface area (Å²) < 4.78 is 2.08. The van der Waals surface area contributed by atoms with Gasteiger partial charge in [-0.1, -0.05) is 50.2 Å². The summed E-state index contributed by atoms with van der Waals surface area (Å²) in [6, 6.07) is 8.02. The summed E-state index contributed by atoms with van der Waals surface area (Å²) in [6.45, 7) is 12.2. The first-order valence-electron chi connectivity index (χ1n) is 10.8. The highest BCUT2D eigenvalue weighted by Crippen LogP contribution is 2.21. The Hall–Kier alpha value is -2.12. The summed E-state index contributed by atoms with van der Waals surface area (Å²) in [6.07, 6.45) is 6.64. The fraction of sp³-hybridized carbons (Fsp3) is 0.522. The van der Waals surface area contributed by atoms with Crippen LogP contribution in [0.15, 0.2) is 42.1 Å². The number of nitrogens with zero attached hydrogens (tertiary/aromatic N) is 4. The van der Waals surface area contributed by atoms with Crippen molar-refractivity contribution >= 4 is 23.4 Å². The molecule has 1 aromatic carbocycles. The van der Waals surface area contributed by atoms with Crippen LogP contribution in [0.25, 0.3) is 0 Å². The zero-order valence-electron chi connectivity index (χ0n) is 18.1. The molecular formula is C23H33N5OS. The molecule has 1 saturated heterocycles. The zero-order chi connectivity index (χ0) is 21.3. The van der Waals surface area contributed by atoms with Gasteiger partial charge in [0.25, 0.3) is 0 Å².